The second-order valence-electron chi connectivity index (χ2n) is 6.16. The lowest BCUT2D eigenvalue weighted by Crippen LogP contribution is -2.43. The predicted molar refractivity (Wildman–Crippen MR) is 80.2 cm³/mol. The number of morpholine rings is 1. The summed E-state index contributed by atoms with van der Waals surface area (Å²) in [6.45, 7) is 5.89. The zero-order valence-electron chi connectivity index (χ0n) is 12.5. The largest absolute Gasteiger partial charge is 0.379 e. The van der Waals surface area contributed by atoms with Crippen molar-refractivity contribution in [3.05, 3.63) is 0 Å². The van der Waals surface area contributed by atoms with E-state index in [-0.39, 0.29) is 5.75 Å². The van der Waals surface area contributed by atoms with Crippen molar-refractivity contribution in [1.29, 1.82) is 0 Å². The van der Waals surface area contributed by atoms with Crippen LogP contribution < -0.4 is 5.32 Å². The molecule has 0 amide bonds. The first-order valence-corrected chi connectivity index (χ1v) is 9.45. The van der Waals surface area contributed by atoms with Crippen LogP contribution in [-0.2, 0) is 14.8 Å². The Morgan fingerprint density at radius 1 is 1.15 bits per heavy atom. The van der Waals surface area contributed by atoms with E-state index in [4.69, 9.17) is 4.74 Å². The van der Waals surface area contributed by atoms with Gasteiger partial charge in [-0.1, -0.05) is 19.8 Å². The third-order valence-electron chi connectivity index (χ3n) is 4.47. The van der Waals surface area contributed by atoms with E-state index in [2.05, 4.69) is 12.2 Å². The topological polar surface area (TPSA) is 58.6 Å². The summed E-state index contributed by atoms with van der Waals surface area (Å²) >= 11 is 0. The van der Waals surface area contributed by atoms with E-state index in [9.17, 15) is 8.42 Å². The van der Waals surface area contributed by atoms with Gasteiger partial charge in [0.15, 0.2) is 0 Å². The molecule has 20 heavy (non-hydrogen) atoms. The molecule has 0 aromatic heterocycles. The van der Waals surface area contributed by atoms with E-state index in [0.29, 0.717) is 32.8 Å². The molecule has 2 aliphatic rings. The van der Waals surface area contributed by atoms with Crippen molar-refractivity contribution in [3.8, 4) is 0 Å². The normalized spacial score (nSPS) is 29.4. The number of sulfonamides is 1. The molecule has 0 unspecified atom stereocenters. The Bertz CT molecular complexity index is 372. The van der Waals surface area contributed by atoms with E-state index >= 15 is 0 Å². The molecule has 2 fully saturated rings. The molecule has 1 aliphatic carbocycles. The molecule has 5 nitrogen and oxygen atoms in total. The van der Waals surface area contributed by atoms with Crippen LogP contribution in [0.1, 0.15) is 32.6 Å². The highest BCUT2D eigenvalue weighted by molar-refractivity contribution is 7.89. The Hall–Kier alpha value is -0.170. The van der Waals surface area contributed by atoms with Gasteiger partial charge in [0.2, 0.25) is 10.0 Å². The zero-order valence-corrected chi connectivity index (χ0v) is 13.3. The van der Waals surface area contributed by atoms with Gasteiger partial charge in [0.1, 0.15) is 0 Å². The van der Waals surface area contributed by atoms with Gasteiger partial charge in [-0.3, -0.25) is 0 Å². The van der Waals surface area contributed by atoms with Crippen molar-refractivity contribution in [2.75, 3.05) is 45.1 Å². The summed E-state index contributed by atoms with van der Waals surface area (Å²) in [5, 5.41) is 3.33. The van der Waals surface area contributed by atoms with Crippen LogP contribution in [0, 0.1) is 11.8 Å². The summed E-state index contributed by atoms with van der Waals surface area (Å²) in [6.07, 6.45) is 5.20. The summed E-state index contributed by atoms with van der Waals surface area (Å²) in [5.74, 6) is 1.81. The first-order valence-electron chi connectivity index (χ1n) is 7.84. The molecule has 1 heterocycles. The summed E-state index contributed by atoms with van der Waals surface area (Å²) in [6, 6.07) is 0. The van der Waals surface area contributed by atoms with Crippen LogP contribution in [0.15, 0.2) is 0 Å². The lowest BCUT2D eigenvalue weighted by molar-refractivity contribution is 0.0730. The van der Waals surface area contributed by atoms with Gasteiger partial charge in [-0.2, -0.15) is 4.31 Å². The second-order valence-corrected chi connectivity index (χ2v) is 8.25. The highest BCUT2D eigenvalue weighted by Crippen LogP contribution is 2.27. The van der Waals surface area contributed by atoms with Crippen LogP contribution in [0.4, 0.5) is 0 Å². The molecule has 118 valence electrons. The van der Waals surface area contributed by atoms with E-state index in [0.717, 1.165) is 18.4 Å². The summed E-state index contributed by atoms with van der Waals surface area (Å²) in [5.41, 5.74) is 0. The quantitative estimate of drug-likeness (QED) is 0.746. The molecule has 0 spiro atoms. The molecule has 1 N–H and O–H groups in total. The maximum Gasteiger partial charge on any atom is 0.215 e. The Labute approximate surface area is 123 Å². The van der Waals surface area contributed by atoms with Crippen LogP contribution in [0.25, 0.3) is 0 Å². The van der Waals surface area contributed by atoms with Crippen LogP contribution in [0.3, 0.4) is 0 Å². The van der Waals surface area contributed by atoms with Crippen molar-refractivity contribution in [3.63, 3.8) is 0 Å². The molecule has 0 aromatic carbocycles. The van der Waals surface area contributed by atoms with Crippen molar-refractivity contribution in [1.82, 2.24) is 9.62 Å². The van der Waals surface area contributed by atoms with Crippen molar-refractivity contribution >= 4 is 10.0 Å². The number of nitrogens with one attached hydrogen (secondary N) is 1. The third-order valence-corrected chi connectivity index (χ3v) is 6.34. The number of nitrogens with zero attached hydrogens (tertiary/aromatic N) is 1. The highest BCUT2D eigenvalue weighted by atomic mass is 32.2. The van der Waals surface area contributed by atoms with Gasteiger partial charge in [-0.25, -0.2) is 8.42 Å². The molecular formula is C14H28N2O3S. The van der Waals surface area contributed by atoms with Crippen LogP contribution in [0.2, 0.25) is 0 Å². The summed E-state index contributed by atoms with van der Waals surface area (Å²) in [7, 11) is -3.10. The predicted octanol–water partition coefficient (Wildman–Crippen LogP) is 1.06. The molecule has 0 radical (unpaired) electrons. The third kappa shape index (κ3) is 4.98. The first-order chi connectivity index (χ1) is 9.58. The van der Waals surface area contributed by atoms with Crippen LogP contribution in [0.5, 0.6) is 0 Å². The Morgan fingerprint density at radius 3 is 2.45 bits per heavy atom. The average molecular weight is 304 g/mol. The molecule has 2 rings (SSSR count). The molecule has 1 aliphatic heterocycles. The standard InChI is InChI=1S/C14H28N2O3S/c1-13-2-4-14(5-3-13)12-15-6-11-20(17,18)16-7-9-19-10-8-16/h13-15H,2-12H2,1H3. The average Bonchev–Trinajstić information content (AvgIpc) is 2.46. The molecule has 1 saturated carbocycles. The van der Waals surface area contributed by atoms with Gasteiger partial charge in [0, 0.05) is 19.6 Å². The highest BCUT2D eigenvalue weighted by Gasteiger charge is 2.24. The van der Waals surface area contributed by atoms with Gasteiger partial charge in [0.05, 0.1) is 19.0 Å². The SMILES string of the molecule is CC1CCC(CNCCS(=O)(=O)N2CCOCC2)CC1. The van der Waals surface area contributed by atoms with Gasteiger partial charge >= 0.3 is 0 Å². The van der Waals surface area contributed by atoms with Crippen molar-refractivity contribution in [2.24, 2.45) is 11.8 Å². The smallest absolute Gasteiger partial charge is 0.215 e. The minimum Gasteiger partial charge on any atom is -0.379 e. The first kappa shape index (κ1) is 16.2. The maximum atomic E-state index is 12.1. The summed E-state index contributed by atoms with van der Waals surface area (Å²) in [4.78, 5) is 0. The molecule has 0 bridgehead atoms. The Kier molecular flexibility index (Phi) is 6.26. The minimum absolute atomic E-state index is 0.204. The van der Waals surface area contributed by atoms with E-state index in [1.165, 1.54) is 25.7 Å². The molecule has 6 heteroatoms. The Balaban J connectivity index is 1.62. The molecule has 0 atom stereocenters. The fourth-order valence-electron chi connectivity index (χ4n) is 2.99. The lowest BCUT2D eigenvalue weighted by atomic mass is 9.83. The van der Waals surface area contributed by atoms with E-state index in [1.54, 1.807) is 4.31 Å². The fraction of sp³-hybridized carbons (Fsp3) is 1.00. The van der Waals surface area contributed by atoms with Gasteiger partial charge in [0.25, 0.3) is 0 Å². The Morgan fingerprint density at radius 2 is 1.80 bits per heavy atom. The fourth-order valence-corrected chi connectivity index (χ4v) is 4.36. The van der Waals surface area contributed by atoms with Gasteiger partial charge in [-0.15, -0.1) is 0 Å². The monoisotopic (exact) mass is 304 g/mol. The maximum absolute atomic E-state index is 12.1. The lowest BCUT2D eigenvalue weighted by Gasteiger charge is -2.27. The van der Waals surface area contributed by atoms with E-state index in [1.807, 2.05) is 0 Å². The zero-order chi connectivity index (χ0) is 14.4. The number of hydrogen-bond donors (Lipinski definition) is 1. The van der Waals surface area contributed by atoms with Crippen molar-refractivity contribution in [2.45, 2.75) is 32.6 Å². The number of ether oxygens (including phenoxy) is 1. The molecule has 1 saturated heterocycles. The van der Waals surface area contributed by atoms with Crippen LogP contribution in [-0.4, -0.2) is 57.9 Å². The second kappa shape index (κ2) is 7.73. The van der Waals surface area contributed by atoms with Gasteiger partial charge in [-0.05, 0) is 31.2 Å². The van der Waals surface area contributed by atoms with E-state index < -0.39 is 10.0 Å². The van der Waals surface area contributed by atoms with Gasteiger partial charge < -0.3 is 10.1 Å². The van der Waals surface area contributed by atoms with Crippen LogP contribution >= 0.6 is 0 Å². The number of hydrogen-bond acceptors (Lipinski definition) is 4. The minimum atomic E-state index is -3.10. The molecular weight excluding hydrogens is 276 g/mol. The molecule has 0 aromatic rings. The number of rotatable bonds is 6. The van der Waals surface area contributed by atoms with Crippen molar-refractivity contribution < 1.29 is 13.2 Å². The summed E-state index contributed by atoms with van der Waals surface area (Å²) < 4.78 is 31.0.